The SMILES string of the molecule is CC(C)=C1C=C(Cc2cccc(C)c2)CC(=C(C)C)C1. The number of hydrogen-bond donors (Lipinski definition) is 0. The summed E-state index contributed by atoms with van der Waals surface area (Å²) in [6, 6.07) is 8.88. The molecule has 0 amide bonds. The first-order valence-electron chi connectivity index (χ1n) is 7.52. The molecule has 0 heterocycles. The molecule has 1 aromatic rings. The summed E-state index contributed by atoms with van der Waals surface area (Å²) in [4.78, 5) is 0. The van der Waals surface area contributed by atoms with E-state index in [0.717, 1.165) is 19.3 Å². The van der Waals surface area contributed by atoms with Gasteiger partial charge < -0.3 is 0 Å². The maximum atomic E-state index is 2.43. The van der Waals surface area contributed by atoms with Crippen LogP contribution in [0.5, 0.6) is 0 Å². The highest BCUT2D eigenvalue weighted by molar-refractivity contribution is 5.42. The average molecular weight is 266 g/mol. The van der Waals surface area contributed by atoms with Gasteiger partial charge in [-0.2, -0.15) is 0 Å². The van der Waals surface area contributed by atoms with Crippen molar-refractivity contribution in [3.63, 3.8) is 0 Å². The highest BCUT2D eigenvalue weighted by atomic mass is 14.2. The number of benzene rings is 1. The van der Waals surface area contributed by atoms with Crippen LogP contribution in [0.15, 0.2) is 58.2 Å². The molecular weight excluding hydrogens is 240 g/mol. The van der Waals surface area contributed by atoms with E-state index in [1.54, 1.807) is 11.1 Å². The number of hydrogen-bond acceptors (Lipinski definition) is 0. The molecule has 0 radical (unpaired) electrons. The Bertz CT molecular complexity index is 586. The van der Waals surface area contributed by atoms with Gasteiger partial charge in [-0.3, -0.25) is 0 Å². The predicted octanol–water partition coefficient (Wildman–Crippen LogP) is 5.93. The van der Waals surface area contributed by atoms with E-state index in [2.05, 4.69) is 65.0 Å². The van der Waals surface area contributed by atoms with Crippen molar-refractivity contribution >= 4 is 0 Å². The fourth-order valence-corrected chi connectivity index (χ4v) is 2.79. The molecule has 0 aliphatic heterocycles. The summed E-state index contributed by atoms with van der Waals surface area (Å²) < 4.78 is 0. The Hall–Kier alpha value is -1.56. The first kappa shape index (κ1) is 14.8. The molecule has 2 rings (SSSR count). The highest BCUT2D eigenvalue weighted by Gasteiger charge is 2.14. The molecule has 0 saturated heterocycles. The van der Waals surface area contributed by atoms with Crippen LogP contribution < -0.4 is 0 Å². The van der Waals surface area contributed by atoms with Crippen molar-refractivity contribution in [1.82, 2.24) is 0 Å². The van der Waals surface area contributed by atoms with Crippen molar-refractivity contribution in [1.29, 1.82) is 0 Å². The van der Waals surface area contributed by atoms with Crippen molar-refractivity contribution in [3.8, 4) is 0 Å². The molecule has 0 fully saturated rings. The van der Waals surface area contributed by atoms with Gasteiger partial charge in [-0.05, 0) is 65.0 Å². The van der Waals surface area contributed by atoms with Crippen LogP contribution in [-0.2, 0) is 6.42 Å². The van der Waals surface area contributed by atoms with Crippen molar-refractivity contribution in [2.45, 2.75) is 53.9 Å². The van der Waals surface area contributed by atoms with E-state index in [9.17, 15) is 0 Å². The van der Waals surface area contributed by atoms with Gasteiger partial charge in [-0.15, -0.1) is 0 Å². The lowest BCUT2D eigenvalue weighted by Crippen LogP contribution is -2.04. The van der Waals surface area contributed by atoms with Gasteiger partial charge in [0.1, 0.15) is 0 Å². The van der Waals surface area contributed by atoms with Gasteiger partial charge in [0.05, 0.1) is 0 Å². The summed E-state index contributed by atoms with van der Waals surface area (Å²) in [5.41, 5.74) is 10.4. The van der Waals surface area contributed by atoms with Crippen LogP contribution in [-0.4, -0.2) is 0 Å². The van der Waals surface area contributed by atoms with Gasteiger partial charge in [-0.25, -0.2) is 0 Å². The van der Waals surface area contributed by atoms with Gasteiger partial charge >= 0.3 is 0 Å². The summed E-state index contributed by atoms with van der Waals surface area (Å²) in [5.74, 6) is 0. The van der Waals surface area contributed by atoms with E-state index in [1.165, 1.54) is 27.8 Å². The van der Waals surface area contributed by atoms with Crippen molar-refractivity contribution < 1.29 is 0 Å². The maximum Gasteiger partial charge on any atom is -0.00606 e. The molecule has 0 atom stereocenters. The summed E-state index contributed by atoms with van der Waals surface area (Å²) in [6.07, 6.45) is 5.80. The summed E-state index contributed by atoms with van der Waals surface area (Å²) in [7, 11) is 0. The lowest BCUT2D eigenvalue weighted by atomic mass is 9.84. The van der Waals surface area contributed by atoms with Gasteiger partial charge in [0.15, 0.2) is 0 Å². The Kier molecular flexibility index (Phi) is 4.65. The molecular formula is C20H26. The van der Waals surface area contributed by atoms with Crippen LogP contribution >= 0.6 is 0 Å². The highest BCUT2D eigenvalue weighted by Crippen LogP contribution is 2.32. The lowest BCUT2D eigenvalue weighted by molar-refractivity contribution is 0.897. The largest absolute Gasteiger partial charge is 0.0766 e. The zero-order valence-corrected chi connectivity index (χ0v) is 13.5. The number of aryl methyl sites for hydroxylation is 1. The smallest absolute Gasteiger partial charge is 0.00606 e. The Balaban J connectivity index is 2.30. The van der Waals surface area contributed by atoms with E-state index in [1.807, 2.05) is 0 Å². The molecule has 0 heteroatoms. The van der Waals surface area contributed by atoms with Gasteiger partial charge in [0.2, 0.25) is 0 Å². The predicted molar refractivity (Wildman–Crippen MR) is 88.9 cm³/mol. The quantitative estimate of drug-likeness (QED) is 0.582. The molecule has 0 bridgehead atoms. The average Bonchev–Trinajstić information content (AvgIpc) is 2.38. The molecule has 0 nitrogen and oxygen atoms in total. The molecule has 0 aromatic heterocycles. The first-order chi connectivity index (χ1) is 9.45. The Morgan fingerprint density at radius 2 is 1.75 bits per heavy atom. The maximum absolute atomic E-state index is 2.43. The minimum atomic E-state index is 1.08. The lowest BCUT2D eigenvalue weighted by Gasteiger charge is -2.21. The second-order valence-corrected chi connectivity index (χ2v) is 6.45. The van der Waals surface area contributed by atoms with Gasteiger partial charge in [0.25, 0.3) is 0 Å². The molecule has 1 aliphatic carbocycles. The summed E-state index contributed by atoms with van der Waals surface area (Å²) in [6.45, 7) is 11.1. The van der Waals surface area contributed by atoms with Crippen molar-refractivity contribution in [3.05, 3.63) is 69.3 Å². The van der Waals surface area contributed by atoms with E-state index in [-0.39, 0.29) is 0 Å². The summed E-state index contributed by atoms with van der Waals surface area (Å²) in [5, 5.41) is 0. The molecule has 1 aliphatic rings. The van der Waals surface area contributed by atoms with Crippen LogP contribution in [0, 0.1) is 6.92 Å². The molecule has 0 unspecified atom stereocenters. The van der Waals surface area contributed by atoms with Gasteiger partial charge in [0, 0.05) is 0 Å². The molecule has 1 aromatic carbocycles. The Morgan fingerprint density at radius 3 is 2.35 bits per heavy atom. The van der Waals surface area contributed by atoms with Crippen molar-refractivity contribution in [2.75, 3.05) is 0 Å². The van der Waals surface area contributed by atoms with Crippen molar-refractivity contribution in [2.24, 2.45) is 0 Å². The van der Waals surface area contributed by atoms with E-state index in [4.69, 9.17) is 0 Å². The molecule has 0 saturated carbocycles. The Morgan fingerprint density at radius 1 is 1.00 bits per heavy atom. The third-order valence-corrected chi connectivity index (χ3v) is 4.09. The third-order valence-electron chi connectivity index (χ3n) is 4.09. The zero-order chi connectivity index (χ0) is 14.7. The number of allylic oxidation sites excluding steroid dienone is 6. The van der Waals surface area contributed by atoms with Gasteiger partial charge in [-0.1, -0.05) is 58.2 Å². The minimum absolute atomic E-state index is 1.08. The zero-order valence-electron chi connectivity index (χ0n) is 13.5. The summed E-state index contributed by atoms with van der Waals surface area (Å²) >= 11 is 0. The normalized spacial score (nSPS) is 15.2. The van der Waals surface area contributed by atoms with Crippen LogP contribution in [0.1, 0.15) is 51.7 Å². The second kappa shape index (κ2) is 6.26. The van der Waals surface area contributed by atoms with Crippen LogP contribution in [0.3, 0.4) is 0 Å². The third kappa shape index (κ3) is 3.72. The fraction of sp³-hybridized carbons (Fsp3) is 0.400. The molecule has 20 heavy (non-hydrogen) atoms. The first-order valence-corrected chi connectivity index (χ1v) is 7.52. The standard InChI is InChI=1S/C20H26/c1-14(2)19-11-18(12-20(13-19)15(3)4)10-17-8-6-7-16(5)9-17/h6-9,11H,10,12-13H2,1-5H3. The fourth-order valence-electron chi connectivity index (χ4n) is 2.79. The van der Waals surface area contributed by atoms with E-state index in [0.29, 0.717) is 0 Å². The molecule has 106 valence electrons. The number of rotatable bonds is 2. The van der Waals surface area contributed by atoms with Crippen LogP contribution in [0.4, 0.5) is 0 Å². The van der Waals surface area contributed by atoms with Crippen LogP contribution in [0.2, 0.25) is 0 Å². The minimum Gasteiger partial charge on any atom is -0.0766 e. The second-order valence-electron chi connectivity index (χ2n) is 6.45. The van der Waals surface area contributed by atoms with E-state index < -0.39 is 0 Å². The van der Waals surface area contributed by atoms with E-state index >= 15 is 0 Å². The molecule has 0 N–H and O–H groups in total. The Labute approximate surface area is 123 Å². The molecule has 0 spiro atoms. The topological polar surface area (TPSA) is 0 Å². The monoisotopic (exact) mass is 266 g/mol. The van der Waals surface area contributed by atoms with Crippen LogP contribution in [0.25, 0.3) is 0 Å².